The fourth-order valence-corrected chi connectivity index (χ4v) is 2.46. The van der Waals surface area contributed by atoms with Gasteiger partial charge >= 0.3 is 5.97 Å². The van der Waals surface area contributed by atoms with Crippen LogP contribution in [0.3, 0.4) is 0 Å². The minimum absolute atomic E-state index is 0.258. The Morgan fingerprint density at radius 3 is 2.57 bits per heavy atom. The van der Waals surface area contributed by atoms with Gasteiger partial charge in [-0.2, -0.15) is 0 Å². The molecular formula is C17H13ClO3. The van der Waals surface area contributed by atoms with Gasteiger partial charge in [0.2, 0.25) is 5.76 Å². The molecule has 3 aromatic rings. The van der Waals surface area contributed by atoms with Crippen LogP contribution in [0.15, 0.2) is 52.9 Å². The van der Waals surface area contributed by atoms with Crippen molar-refractivity contribution in [1.29, 1.82) is 0 Å². The fraction of sp³-hybridized carbons (Fsp3) is 0.118. The second kappa shape index (κ2) is 5.62. The summed E-state index contributed by atoms with van der Waals surface area (Å²) in [6.07, 6.45) is 0.582. The van der Waals surface area contributed by atoms with Crippen LogP contribution in [-0.2, 0) is 11.2 Å². The molecule has 3 rings (SSSR count). The van der Waals surface area contributed by atoms with Gasteiger partial charge in [-0.15, -0.1) is 0 Å². The Hall–Kier alpha value is -2.26. The van der Waals surface area contributed by atoms with Crippen LogP contribution in [0.5, 0.6) is 0 Å². The van der Waals surface area contributed by atoms with E-state index in [4.69, 9.17) is 20.8 Å². The molecule has 0 radical (unpaired) electrons. The van der Waals surface area contributed by atoms with Crippen LogP contribution < -0.4 is 0 Å². The lowest BCUT2D eigenvalue weighted by Crippen LogP contribution is -2.03. The second-order valence-electron chi connectivity index (χ2n) is 4.70. The van der Waals surface area contributed by atoms with Gasteiger partial charge in [0, 0.05) is 22.4 Å². The quantitative estimate of drug-likeness (QED) is 0.670. The van der Waals surface area contributed by atoms with E-state index in [0.29, 0.717) is 17.0 Å². The minimum Gasteiger partial charge on any atom is -0.463 e. The number of rotatable bonds is 3. The highest BCUT2D eigenvalue weighted by molar-refractivity contribution is 6.30. The molecule has 0 unspecified atom stereocenters. The van der Waals surface area contributed by atoms with E-state index < -0.39 is 5.97 Å². The largest absolute Gasteiger partial charge is 0.463 e. The van der Waals surface area contributed by atoms with Gasteiger partial charge < -0.3 is 9.15 Å². The standard InChI is InChI=1S/C17H13ClO3/c1-20-17(19)16-14(10-11-6-8-12(18)9-7-11)13-4-2-3-5-15(13)21-16/h2-9H,10H2,1H3. The Balaban J connectivity index is 2.10. The third-order valence-electron chi connectivity index (χ3n) is 3.36. The second-order valence-corrected chi connectivity index (χ2v) is 5.14. The molecule has 0 N–H and O–H groups in total. The van der Waals surface area contributed by atoms with E-state index in [9.17, 15) is 4.79 Å². The number of methoxy groups -OCH3 is 1. The number of fused-ring (bicyclic) bond motifs is 1. The molecule has 0 fully saturated rings. The summed E-state index contributed by atoms with van der Waals surface area (Å²) in [5.41, 5.74) is 2.57. The minimum atomic E-state index is -0.463. The molecule has 2 aromatic carbocycles. The summed E-state index contributed by atoms with van der Waals surface area (Å²) in [7, 11) is 1.35. The highest BCUT2D eigenvalue weighted by Crippen LogP contribution is 2.28. The van der Waals surface area contributed by atoms with E-state index in [1.807, 2.05) is 48.5 Å². The summed E-state index contributed by atoms with van der Waals surface area (Å²) in [5.74, 6) is -0.205. The first-order chi connectivity index (χ1) is 10.2. The summed E-state index contributed by atoms with van der Waals surface area (Å²) in [6, 6.07) is 15.1. The first-order valence-corrected chi connectivity index (χ1v) is 6.90. The van der Waals surface area contributed by atoms with Gasteiger partial charge in [-0.1, -0.05) is 41.9 Å². The van der Waals surface area contributed by atoms with E-state index in [2.05, 4.69) is 0 Å². The smallest absolute Gasteiger partial charge is 0.374 e. The Bertz CT molecular complexity index is 787. The lowest BCUT2D eigenvalue weighted by molar-refractivity contribution is 0.0566. The number of esters is 1. The summed E-state index contributed by atoms with van der Waals surface area (Å²) in [6.45, 7) is 0. The Morgan fingerprint density at radius 2 is 1.86 bits per heavy atom. The normalized spacial score (nSPS) is 10.8. The molecule has 0 spiro atoms. The van der Waals surface area contributed by atoms with Crippen LogP contribution in [0, 0.1) is 0 Å². The van der Waals surface area contributed by atoms with E-state index in [0.717, 1.165) is 16.5 Å². The summed E-state index contributed by atoms with van der Waals surface area (Å²) < 4.78 is 10.5. The van der Waals surface area contributed by atoms with Crippen molar-refractivity contribution in [3.63, 3.8) is 0 Å². The van der Waals surface area contributed by atoms with Gasteiger partial charge in [-0.25, -0.2) is 4.79 Å². The highest BCUT2D eigenvalue weighted by atomic mass is 35.5. The van der Waals surface area contributed by atoms with Crippen molar-refractivity contribution in [3.05, 3.63) is 70.4 Å². The average molecular weight is 301 g/mol. The van der Waals surface area contributed by atoms with Gasteiger partial charge in [0.05, 0.1) is 7.11 Å². The Morgan fingerprint density at radius 1 is 1.14 bits per heavy atom. The zero-order valence-electron chi connectivity index (χ0n) is 11.4. The summed E-state index contributed by atoms with van der Waals surface area (Å²) in [5, 5.41) is 1.61. The lowest BCUT2D eigenvalue weighted by atomic mass is 10.0. The lowest BCUT2D eigenvalue weighted by Gasteiger charge is -2.03. The number of carbonyl (C=O) groups excluding carboxylic acids is 1. The molecule has 1 aromatic heterocycles. The maximum Gasteiger partial charge on any atom is 0.374 e. The van der Waals surface area contributed by atoms with Crippen molar-refractivity contribution in [1.82, 2.24) is 0 Å². The van der Waals surface area contributed by atoms with Crippen molar-refractivity contribution < 1.29 is 13.9 Å². The predicted molar refractivity (Wildman–Crippen MR) is 81.8 cm³/mol. The predicted octanol–water partition coefficient (Wildman–Crippen LogP) is 4.46. The molecule has 21 heavy (non-hydrogen) atoms. The number of ether oxygens (including phenoxy) is 1. The van der Waals surface area contributed by atoms with E-state index in [1.165, 1.54) is 7.11 Å². The molecule has 0 saturated carbocycles. The van der Waals surface area contributed by atoms with E-state index in [-0.39, 0.29) is 5.76 Å². The van der Waals surface area contributed by atoms with Crippen molar-refractivity contribution in [2.24, 2.45) is 0 Å². The molecule has 0 amide bonds. The van der Waals surface area contributed by atoms with Crippen molar-refractivity contribution >= 4 is 28.5 Å². The van der Waals surface area contributed by atoms with Crippen LogP contribution in [0.1, 0.15) is 21.7 Å². The van der Waals surface area contributed by atoms with Gasteiger partial charge in [0.15, 0.2) is 0 Å². The molecule has 0 aliphatic rings. The van der Waals surface area contributed by atoms with Gasteiger partial charge in [-0.05, 0) is 23.8 Å². The summed E-state index contributed by atoms with van der Waals surface area (Å²) in [4.78, 5) is 11.9. The van der Waals surface area contributed by atoms with Crippen LogP contribution in [0.2, 0.25) is 5.02 Å². The van der Waals surface area contributed by atoms with Gasteiger partial charge in [0.25, 0.3) is 0 Å². The van der Waals surface area contributed by atoms with Crippen LogP contribution >= 0.6 is 11.6 Å². The van der Waals surface area contributed by atoms with Crippen molar-refractivity contribution in [3.8, 4) is 0 Å². The number of hydrogen-bond donors (Lipinski definition) is 0. The number of furan rings is 1. The fourth-order valence-electron chi connectivity index (χ4n) is 2.34. The molecular weight excluding hydrogens is 288 g/mol. The van der Waals surface area contributed by atoms with Crippen LogP contribution in [0.4, 0.5) is 0 Å². The van der Waals surface area contributed by atoms with Crippen molar-refractivity contribution in [2.75, 3.05) is 7.11 Å². The Kier molecular flexibility index (Phi) is 3.67. The number of hydrogen-bond acceptors (Lipinski definition) is 3. The number of halogens is 1. The number of para-hydroxylation sites is 1. The highest BCUT2D eigenvalue weighted by Gasteiger charge is 2.21. The zero-order chi connectivity index (χ0) is 14.8. The molecule has 1 heterocycles. The van der Waals surface area contributed by atoms with Gasteiger partial charge in [-0.3, -0.25) is 0 Å². The van der Waals surface area contributed by atoms with Crippen LogP contribution in [0.25, 0.3) is 11.0 Å². The topological polar surface area (TPSA) is 39.4 Å². The Labute approximate surface area is 127 Å². The molecule has 106 valence electrons. The van der Waals surface area contributed by atoms with Crippen LogP contribution in [-0.4, -0.2) is 13.1 Å². The molecule has 4 heteroatoms. The first-order valence-electron chi connectivity index (χ1n) is 6.52. The number of benzene rings is 2. The SMILES string of the molecule is COC(=O)c1oc2ccccc2c1Cc1ccc(Cl)cc1. The molecule has 0 aliphatic carbocycles. The van der Waals surface area contributed by atoms with E-state index in [1.54, 1.807) is 0 Å². The number of carbonyl (C=O) groups is 1. The molecule has 0 bridgehead atoms. The summed E-state index contributed by atoms with van der Waals surface area (Å²) >= 11 is 5.90. The third-order valence-corrected chi connectivity index (χ3v) is 3.62. The maximum absolute atomic E-state index is 11.9. The molecule has 0 atom stereocenters. The molecule has 0 aliphatic heterocycles. The van der Waals surface area contributed by atoms with E-state index >= 15 is 0 Å². The average Bonchev–Trinajstić information content (AvgIpc) is 2.88. The third kappa shape index (κ3) is 2.65. The molecule has 0 saturated heterocycles. The van der Waals surface area contributed by atoms with Gasteiger partial charge in [0.1, 0.15) is 5.58 Å². The first kappa shape index (κ1) is 13.7. The monoisotopic (exact) mass is 300 g/mol. The zero-order valence-corrected chi connectivity index (χ0v) is 12.2. The van der Waals surface area contributed by atoms with Crippen molar-refractivity contribution in [2.45, 2.75) is 6.42 Å². The maximum atomic E-state index is 11.9. The molecule has 3 nitrogen and oxygen atoms in total.